The summed E-state index contributed by atoms with van der Waals surface area (Å²) in [5, 5.41) is 2.96. The van der Waals surface area contributed by atoms with Gasteiger partial charge in [0.15, 0.2) is 0 Å². The molecule has 132 valence electrons. The van der Waals surface area contributed by atoms with Crippen molar-refractivity contribution >= 4 is 27.4 Å². The fourth-order valence-corrected chi connectivity index (χ4v) is 3.42. The Kier molecular flexibility index (Phi) is 5.82. The Morgan fingerprint density at radius 1 is 1.20 bits per heavy atom. The molecule has 0 unspecified atom stereocenters. The van der Waals surface area contributed by atoms with Crippen LogP contribution in [0.1, 0.15) is 15.9 Å². The lowest BCUT2D eigenvalue weighted by atomic mass is 10.2. The van der Waals surface area contributed by atoms with E-state index in [0.717, 1.165) is 5.56 Å². The Hall–Kier alpha value is -2.80. The number of carbonyl (C=O) groups excluding carboxylic acids is 1. The van der Waals surface area contributed by atoms with Crippen LogP contribution < -0.4 is 10.0 Å². The summed E-state index contributed by atoms with van der Waals surface area (Å²) in [5.74, 6) is -0.609. The van der Waals surface area contributed by atoms with Crippen molar-refractivity contribution in [2.45, 2.75) is 11.8 Å². The van der Waals surface area contributed by atoms with E-state index in [9.17, 15) is 13.2 Å². The first-order valence-corrected chi connectivity index (χ1v) is 9.02. The minimum atomic E-state index is -3.91. The molecule has 6 nitrogen and oxygen atoms in total. The number of ether oxygens (including phenoxy) is 1. The maximum atomic E-state index is 12.8. The van der Waals surface area contributed by atoms with Gasteiger partial charge in [0.1, 0.15) is 4.90 Å². The molecule has 7 heteroatoms. The van der Waals surface area contributed by atoms with E-state index >= 15 is 0 Å². The maximum Gasteiger partial charge on any atom is 0.337 e. The maximum absolute atomic E-state index is 12.8. The van der Waals surface area contributed by atoms with Crippen LogP contribution in [0.4, 0.5) is 11.4 Å². The standard InChI is InChI=1S/C18H20N2O4S/c1-4-11-19-16-10-7-14(18(21)24-3)12-17(16)25(22,23)20-15-8-5-13(2)6-9-15/h4-10,12,19-20H,1,11H2,2-3H3. The summed E-state index contributed by atoms with van der Waals surface area (Å²) in [6.07, 6.45) is 1.61. The number of methoxy groups -OCH3 is 1. The van der Waals surface area contributed by atoms with E-state index in [0.29, 0.717) is 17.9 Å². The summed E-state index contributed by atoms with van der Waals surface area (Å²) in [6.45, 7) is 5.89. The van der Waals surface area contributed by atoms with Gasteiger partial charge in [0, 0.05) is 12.2 Å². The highest BCUT2D eigenvalue weighted by molar-refractivity contribution is 7.92. The molecule has 2 aromatic carbocycles. The predicted molar refractivity (Wildman–Crippen MR) is 98.5 cm³/mol. The van der Waals surface area contributed by atoms with E-state index in [2.05, 4.69) is 21.4 Å². The number of hydrogen-bond acceptors (Lipinski definition) is 5. The highest BCUT2D eigenvalue weighted by Gasteiger charge is 2.21. The van der Waals surface area contributed by atoms with Gasteiger partial charge in [-0.2, -0.15) is 0 Å². The molecule has 2 aromatic rings. The Morgan fingerprint density at radius 3 is 2.48 bits per heavy atom. The molecule has 0 aromatic heterocycles. The predicted octanol–water partition coefficient (Wildman–Crippen LogP) is 3.18. The molecular weight excluding hydrogens is 340 g/mol. The average Bonchev–Trinajstić information content (AvgIpc) is 2.61. The first-order chi connectivity index (χ1) is 11.9. The smallest absolute Gasteiger partial charge is 0.337 e. The molecule has 2 N–H and O–H groups in total. The van der Waals surface area contributed by atoms with Crippen molar-refractivity contribution in [3.05, 3.63) is 66.2 Å². The van der Waals surface area contributed by atoms with Crippen molar-refractivity contribution in [3.63, 3.8) is 0 Å². The lowest BCUT2D eigenvalue weighted by molar-refractivity contribution is 0.0600. The van der Waals surface area contributed by atoms with Crippen LogP contribution >= 0.6 is 0 Å². The number of sulfonamides is 1. The van der Waals surface area contributed by atoms with Gasteiger partial charge in [0.05, 0.1) is 18.4 Å². The third-order valence-corrected chi connectivity index (χ3v) is 4.85. The molecule has 25 heavy (non-hydrogen) atoms. The number of hydrogen-bond donors (Lipinski definition) is 2. The third-order valence-electron chi connectivity index (χ3n) is 3.43. The van der Waals surface area contributed by atoms with E-state index in [4.69, 9.17) is 0 Å². The van der Waals surface area contributed by atoms with Gasteiger partial charge in [-0.3, -0.25) is 4.72 Å². The number of carbonyl (C=O) groups is 1. The summed E-state index contributed by atoms with van der Waals surface area (Å²) in [6, 6.07) is 11.3. The number of esters is 1. The van der Waals surface area contributed by atoms with E-state index in [1.165, 1.54) is 25.3 Å². The van der Waals surface area contributed by atoms with Gasteiger partial charge >= 0.3 is 5.97 Å². The molecule has 0 spiro atoms. The van der Waals surface area contributed by atoms with Crippen LogP contribution in [0.25, 0.3) is 0 Å². The minimum Gasteiger partial charge on any atom is -0.465 e. The van der Waals surface area contributed by atoms with E-state index in [-0.39, 0.29) is 10.5 Å². The monoisotopic (exact) mass is 360 g/mol. The van der Waals surface area contributed by atoms with Crippen LogP contribution in [-0.2, 0) is 14.8 Å². The van der Waals surface area contributed by atoms with Gasteiger partial charge in [-0.25, -0.2) is 13.2 Å². The zero-order chi connectivity index (χ0) is 18.4. The van der Waals surface area contributed by atoms with Gasteiger partial charge in [-0.05, 0) is 37.3 Å². The summed E-state index contributed by atoms with van der Waals surface area (Å²) in [5.41, 5.74) is 1.97. The van der Waals surface area contributed by atoms with Gasteiger partial charge in [0.25, 0.3) is 10.0 Å². The Bertz CT molecular complexity index is 874. The molecule has 0 aliphatic heterocycles. The minimum absolute atomic E-state index is 0.0437. The van der Waals surface area contributed by atoms with Crippen molar-refractivity contribution in [1.29, 1.82) is 0 Å². The van der Waals surface area contributed by atoms with Crippen molar-refractivity contribution in [3.8, 4) is 0 Å². The lowest BCUT2D eigenvalue weighted by Gasteiger charge is -2.14. The van der Waals surface area contributed by atoms with E-state index < -0.39 is 16.0 Å². The highest BCUT2D eigenvalue weighted by atomic mass is 32.2. The molecule has 0 radical (unpaired) electrons. The lowest BCUT2D eigenvalue weighted by Crippen LogP contribution is -2.16. The molecule has 0 atom stereocenters. The normalized spacial score (nSPS) is 10.8. The fraction of sp³-hybridized carbons (Fsp3) is 0.167. The largest absolute Gasteiger partial charge is 0.465 e. The number of rotatable bonds is 7. The molecule has 0 fully saturated rings. The SMILES string of the molecule is C=CCNc1ccc(C(=O)OC)cc1S(=O)(=O)Nc1ccc(C)cc1. The molecule has 0 aliphatic rings. The topological polar surface area (TPSA) is 84.5 Å². The quantitative estimate of drug-likeness (QED) is 0.585. The van der Waals surface area contributed by atoms with Crippen LogP contribution in [0.5, 0.6) is 0 Å². The van der Waals surface area contributed by atoms with Crippen molar-refractivity contribution in [2.75, 3.05) is 23.7 Å². The number of aryl methyl sites for hydroxylation is 1. The van der Waals surface area contributed by atoms with Gasteiger partial charge < -0.3 is 10.1 Å². The second-order valence-electron chi connectivity index (χ2n) is 5.34. The van der Waals surface area contributed by atoms with Gasteiger partial charge in [-0.15, -0.1) is 6.58 Å². The molecule has 0 saturated carbocycles. The van der Waals surface area contributed by atoms with Crippen molar-refractivity contribution < 1.29 is 17.9 Å². The second-order valence-corrected chi connectivity index (χ2v) is 6.99. The molecule has 0 amide bonds. The number of nitrogens with one attached hydrogen (secondary N) is 2. The zero-order valence-corrected chi connectivity index (χ0v) is 14.9. The molecule has 0 aliphatic carbocycles. The summed E-state index contributed by atoms with van der Waals surface area (Å²) in [4.78, 5) is 11.7. The van der Waals surface area contributed by atoms with Crippen molar-refractivity contribution in [2.24, 2.45) is 0 Å². The van der Waals surface area contributed by atoms with E-state index in [1.54, 1.807) is 30.3 Å². The fourth-order valence-electron chi connectivity index (χ4n) is 2.15. The molecule has 2 rings (SSSR count). The summed E-state index contributed by atoms with van der Waals surface area (Å²) in [7, 11) is -2.67. The Balaban J connectivity index is 2.45. The van der Waals surface area contributed by atoms with Crippen LogP contribution in [0.3, 0.4) is 0 Å². The zero-order valence-electron chi connectivity index (χ0n) is 14.1. The molecular formula is C18H20N2O4S. The van der Waals surface area contributed by atoms with Gasteiger partial charge in [0.2, 0.25) is 0 Å². The Morgan fingerprint density at radius 2 is 1.88 bits per heavy atom. The first-order valence-electron chi connectivity index (χ1n) is 7.54. The molecule has 0 heterocycles. The first kappa shape index (κ1) is 18.5. The van der Waals surface area contributed by atoms with Crippen LogP contribution in [-0.4, -0.2) is 28.0 Å². The highest BCUT2D eigenvalue weighted by Crippen LogP contribution is 2.26. The number of benzene rings is 2. The van der Waals surface area contributed by atoms with Crippen LogP contribution in [0, 0.1) is 6.92 Å². The Labute approximate surface area is 147 Å². The molecule has 0 saturated heterocycles. The van der Waals surface area contributed by atoms with Crippen LogP contribution in [0.2, 0.25) is 0 Å². The van der Waals surface area contributed by atoms with E-state index in [1.807, 2.05) is 6.92 Å². The third kappa shape index (κ3) is 4.60. The summed E-state index contributed by atoms with van der Waals surface area (Å²) >= 11 is 0. The molecule has 0 bridgehead atoms. The number of anilines is 2. The second kappa shape index (κ2) is 7.85. The van der Waals surface area contributed by atoms with Gasteiger partial charge in [-0.1, -0.05) is 23.8 Å². The van der Waals surface area contributed by atoms with Crippen molar-refractivity contribution in [1.82, 2.24) is 0 Å². The average molecular weight is 360 g/mol. The summed E-state index contributed by atoms with van der Waals surface area (Å²) < 4.78 is 32.8. The van der Waals surface area contributed by atoms with Crippen LogP contribution in [0.15, 0.2) is 60.0 Å².